The van der Waals surface area contributed by atoms with Crippen LogP contribution in [0.15, 0.2) is 42.3 Å². The number of rotatable bonds is 5. The van der Waals surface area contributed by atoms with Gasteiger partial charge in [0.05, 0.1) is 25.8 Å². The molecule has 0 atom stereocenters. The van der Waals surface area contributed by atoms with Crippen molar-refractivity contribution in [1.82, 2.24) is 4.57 Å². The minimum absolute atomic E-state index is 0.0544. The van der Waals surface area contributed by atoms with Crippen LogP contribution in [0.2, 0.25) is 0 Å². The molecule has 6 heteroatoms. The maximum atomic E-state index is 13.2. The lowest BCUT2D eigenvalue weighted by Gasteiger charge is -2.29. The Labute approximate surface area is 194 Å². The summed E-state index contributed by atoms with van der Waals surface area (Å²) in [6, 6.07) is 9.05. The molecule has 5 rings (SSSR count). The number of aryl methyl sites for hydroxylation is 1. The van der Waals surface area contributed by atoms with Crippen molar-refractivity contribution in [3.8, 4) is 17.2 Å². The molecule has 172 valence electrons. The summed E-state index contributed by atoms with van der Waals surface area (Å²) in [7, 11) is 1.64. The van der Waals surface area contributed by atoms with Gasteiger partial charge < -0.3 is 24.0 Å². The molecule has 2 aliphatic heterocycles. The third-order valence-corrected chi connectivity index (χ3v) is 7.05. The van der Waals surface area contributed by atoms with E-state index in [-0.39, 0.29) is 17.3 Å². The van der Waals surface area contributed by atoms with Crippen LogP contribution >= 0.6 is 0 Å². The number of nitrogens with one attached hydrogen (secondary N) is 1. The molecule has 0 unspecified atom stereocenters. The van der Waals surface area contributed by atoms with Crippen molar-refractivity contribution in [2.45, 2.75) is 39.8 Å². The van der Waals surface area contributed by atoms with Crippen LogP contribution in [-0.4, -0.2) is 30.5 Å². The fourth-order valence-corrected chi connectivity index (χ4v) is 5.00. The second-order valence-electron chi connectivity index (χ2n) is 9.22. The summed E-state index contributed by atoms with van der Waals surface area (Å²) in [5.41, 5.74) is 3.06. The second kappa shape index (κ2) is 8.60. The lowest BCUT2D eigenvalue weighted by Crippen LogP contribution is -3.11. The zero-order valence-corrected chi connectivity index (χ0v) is 19.4. The Morgan fingerprint density at radius 2 is 2.03 bits per heavy atom. The van der Waals surface area contributed by atoms with Crippen LogP contribution in [0.3, 0.4) is 0 Å². The monoisotopic (exact) mass is 446 g/mol. The number of fused-ring (bicyclic) bond motifs is 2. The van der Waals surface area contributed by atoms with E-state index in [1.807, 2.05) is 24.4 Å². The molecule has 3 heterocycles. The van der Waals surface area contributed by atoms with Crippen molar-refractivity contribution < 1.29 is 24.3 Å². The summed E-state index contributed by atoms with van der Waals surface area (Å²) in [4.78, 5) is 14.6. The summed E-state index contributed by atoms with van der Waals surface area (Å²) in [6.07, 6.45) is 6.14. The summed E-state index contributed by atoms with van der Waals surface area (Å²) in [6.45, 7) is 7.85. The van der Waals surface area contributed by atoms with Crippen molar-refractivity contribution in [1.29, 1.82) is 0 Å². The van der Waals surface area contributed by atoms with E-state index in [0.717, 1.165) is 60.6 Å². The second-order valence-corrected chi connectivity index (χ2v) is 9.22. The number of likely N-dealkylation sites (tertiary alicyclic amines) is 1. The van der Waals surface area contributed by atoms with Crippen LogP contribution < -0.4 is 19.5 Å². The third kappa shape index (κ3) is 3.89. The molecule has 33 heavy (non-hydrogen) atoms. The Bertz CT molecular complexity index is 1250. The van der Waals surface area contributed by atoms with Gasteiger partial charge >= 0.3 is 0 Å². The topological polar surface area (TPSA) is 68.0 Å². The fraction of sp³-hybridized carbons (Fsp3) is 0.370. The van der Waals surface area contributed by atoms with Crippen LogP contribution in [-0.2, 0) is 13.1 Å². The van der Waals surface area contributed by atoms with Crippen LogP contribution in [0.1, 0.15) is 48.2 Å². The molecule has 2 aliphatic rings. The van der Waals surface area contributed by atoms with Crippen molar-refractivity contribution in [2.75, 3.05) is 20.2 Å². The minimum atomic E-state index is -0.172. The van der Waals surface area contributed by atoms with Crippen LogP contribution in [0, 0.1) is 5.92 Å². The van der Waals surface area contributed by atoms with E-state index in [0.29, 0.717) is 23.4 Å². The van der Waals surface area contributed by atoms with Gasteiger partial charge in [0.25, 0.3) is 0 Å². The number of ether oxygens (including phenoxy) is 2. The number of carbonyl (C=O) groups is 1. The van der Waals surface area contributed by atoms with E-state index in [2.05, 4.69) is 18.4 Å². The maximum Gasteiger partial charge on any atom is 0.231 e. The molecule has 0 radical (unpaired) electrons. The summed E-state index contributed by atoms with van der Waals surface area (Å²) in [5, 5.41) is 13.7. The lowest BCUT2D eigenvalue weighted by atomic mass is 9.98. The predicted molar refractivity (Wildman–Crippen MR) is 126 cm³/mol. The Balaban J connectivity index is 1.50. The number of hydrogen-bond acceptors (Lipinski definition) is 4. The highest BCUT2D eigenvalue weighted by molar-refractivity contribution is 6.15. The van der Waals surface area contributed by atoms with Crippen LogP contribution in [0.5, 0.6) is 17.2 Å². The molecule has 1 fully saturated rings. The molecule has 0 amide bonds. The zero-order valence-electron chi connectivity index (χ0n) is 19.4. The Morgan fingerprint density at radius 1 is 1.24 bits per heavy atom. The number of ketones is 1. The van der Waals surface area contributed by atoms with Crippen molar-refractivity contribution in [2.24, 2.45) is 5.92 Å². The first-order valence-corrected chi connectivity index (χ1v) is 11.8. The smallest absolute Gasteiger partial charge is 0.231 e. The van der Waals surface area contributed by atoms with Gasteiger partial charge in [0.2, 0.25) is 5.78 Å². The Morgan fingerprint density at radius 3 is 2.76 bits per heavy atom. The predicted octanol–water partition coefficient (Wildman–Crippen LogP) is 3.17. The van der Waals surface area contributed by atoms with Gasteiger partial charge in [-0.25, -0.2) is 0 Å². The highest BCUT2D eigenvalue weighted by Crippen LogP contribution is 2.39. The van der Waals surface area contributed by atoms with E-state index >= 15 is 0 Å². The molecule has 3 aromatic rings. The minimum Gasteiger partial charge on any atom is -0.872 e. The fourth-order valence-electron chi connectivity index (χ4n) is 5.00. The van der Waals surface area contributed by atoms with Crippen molar-refractivity contribution in [3.05, 3.63) is 59.0 Å². The molecule has 6 nitrogen and oxygen atoms in total. The molecule has 0 saturated carbocycles. The van der Waals surface area contributed by atoms with E-state index in [1.165, 1.54) is 11.0 Å². The van der Waals surface area contributed by atoms with Crippen LogP contribution in [0.25, 0.3) is 17.0 Å². The highest BCUT2D eigenvalue weighted by Gasteiger charge is 2.32. The number of carbonyl (C=O) groups excluding carboxylic acids is 1. The van der Waals surface area contributed by atoms with E-state index in [4.69, 9.17) is 9.47 Å². The molecule has 1 saturated heterocycles. The molecular weight excluding hydrogens is 416 g/mol. The van der Waals surface area contributed by atoms with Gasteiger partial charge in [0, 0.05) is 34.8 Å². The number of benzene rings is 2. The average Bonchev–Trinajstić information content (AvgIpc) is 3.34. The van der Waals surface area contributed by atoms with Crippen molar-refractivity contribution >= 4 is 22.8 Å². The first-order chi connectivity index (χ1) is 16.0. The van der Waals surface area contributed by atoms with Gasteiger partial charge in [-0.15, -0.1) is 0 Å². The average molecular weight is 447 g/mol. The summed E-state index contributed by atoms with van der Waals surface area (Å²) < 4.78 is 13.6. The number of methoxy groups -OCH3 is 1. The number of quaternary nitrogens is 1. The number of aromatic nitrogens is 1. The summed E-state index contributed by atoms with van der Waals surface area (Å²) in [5.74, 6) is 1.97. The van der Waals surface area contributed by atoms with E-state index in [9.17, 15) is 9.90 Å². The van der Waals surface area contributed by atoms with E-state index in [1.54, 1.807) is 19.3 Å². The molecule has 1 aromatic heterocycles. The Kier molecular flexibility index (Phi) is 5.62. The standard InChI is InChI=1S/C27H30N2O4/c1-4-29-15-18(21-14-19(32-3)5-7-23(21)29)13-25-26(31)20-6-8-24(30)22(27(20)33-25)16-28-11-9-17(2)10-12-28/h5-8,13-15,17,30H,4,9-12,16H2,1-3H3. The van der Waals surface area contributed by atoms with Gasteiger partial charge in [-0.2, -0.15) is 0 Å². The molecule has 2 aromatic carbocycles. The number of nitrogens with zero attached hydrogens (tertiary/aromatic N) is 1. The molecule has 0 aliphatic carbocycles. The number of hydrogen-bond donors (Lipinski definition) is 1. The third-order valence-electron chi connectivity index (χ3n) is 7.05. The molecule has 0 bridgehead atoms. The SMILES string of the molecule is CCn1cc(C=C2Oc3c(ccc([O-])c3C[NH+]3CCC(C)CC3)C2=O)c2cc(OC)ccc21. The highest BCUT2D eigenvalue weighted by atomic mass is 16.5. The zero-order chi connectivity index (χ0) is 23.1. The first kappa shape index (κ1) is 21.6. The van der Waals surface area contributed by atoms with Gasteiger partial charge in [0.15, 0.2) is 5.76 Å². The molecule has 0 spiro atoms. The summed E-state index contributed by atoms with van der Waals surface area (Å²) >= 11 is 0. The first-order valence-electron chi connectivity index (χ1n) is 11.8. The van der Waals surface area contributed by atoms with E-state index < -0.39 is 0 Å². The Hall–Kier alpha value is -3.25. The quantitative estimate of drug-likeness (QED) is 0.612. The maximum absolute atomic E-state index is 13.2. The van der Waals surface area contributed by atoms with Crippen LogP contribution in [0.4, 0.5) is 0 Å². The number of piperidine rings is 1. The number of allylic oxidation sites excluding steroid dienone is 1. The van der Waals surface area contributed by atoms with Gasteiger partial charge in [-0.05, 0) is 56.0 Å². The molecule has 1 N–H and O–H groups in total. The lowest BCUT2D eigenvalue weighted by molar-refractivity contribution is -0.919. The van der Waals surface area contributed by atoms with Gasteiger partial charge in [-0.1, -0.05) is 18.7 Å². The molecular formula is C27H30N2O4. The van der Waals surface area contributed by atoms with Crippen molar-refractivity contribution in [3.63, 3.8) is 0 Å². The van der Waals surface area contributed by atoms with Gasteiger partial charge in [0.1, 0.15) is 18.0 Å². The van der Waals surface area contributed by atoms with Gasteiger partial charge in [-0.3, -0.25) is 4.79 Å². The number of Topliss-reactive ketones (excluding diaryl/α,β-unsaturated/α-hetero) is 1. The largest absolute Gasteiger partial charge is 0.872 e. The normalized spacial score (nSPS) is 21.4.